The molecule has 2 aromatic heterocycles. The van der Waals surface area contributed by atoms with E-state index in [0.717, 1.165) is 55.1 Å². The summed E-state index contributed by atoms with van der Waals surface area (Å²) in [5.41, 5.74) is 3.65. The van der Waals surface area contributed by atoms with Gasteiger partial charge in [-0.15, -0.1) is 5.10 Å². The summed E-state index contributed by atoms with van der Waals surface area (Å²) in [6, 6.07) is 10.0. The molecule has 4 rings (SSSR count). The summed E-state index contributed by atoms with van der Waals surface area (Å²) in [5.74, 6) is 2.40. The molecule has 8 nitrogen and oxygen atoms in total. The second kappa shape index (κ2) is 10.3. The Labute approximate surface area is 194 Å². The van der Waals surface area contributed by atoms with Crippen LogP contribution >= 0.6 is 0 Å². The maximum Gasteiger partial charge on any atom is 0.257 e. The molecule has 0 aliphatic carbocycles. The zero-order valence-electron chi connectivity index (χ0n) is 20.0. The number of anilines is 2. The lowest BCUT2D eigenvalue weighted by atomic mass is 9.98. The van der Waals surface area contributed by atoms with Gasteiger partial charge in [0.1, 0.15) is 22.9 Å². The first-order valence-electron chi connectivity index (χ1n) is 11.3. The fraction of sp³-hybridized carbons (Fsp3) is 0.480. The Kier molecular flexibility index (Phi) is 7.25. The number of benzene rings is 1. The Morgan fingerprint density at radius 3 is 2.33 bits per heavy atom. The van der Waals surface area contributed by atoms with Gasteiger partial charge in [0.2, 0.25) is 0 Å². The Bertz CT molecular complexity index is 1050. The minimum absolute atomic E-state index is 0.0997. The van der Waals surface area contributed by atoms with E-state index in [-0.39, 0.29) is 6.10 Å². The molecular weight excluding hydrogens is 422 g/mol. The van der Waals surface area contributed by atoms with Crippen molar-refractivity contribution in [2.24, 2.45) is 5.92 Å². The zero-order valence-corrected chi connectivity index (χ0v) is 20.0. The van der Waals surface area contributed by atoms with Crippen LogP contribution in [0.4, 0.5) is 11.4 Å². The summed E-state index contributed by atoms with van der Waals surface area (Å²) in [7, 11) is 6.70. The second-order valence-electron chi connectivity index (χ2n) is 8.21. The van der Waals surface area contributed by atoms with E-state index in [1.165, 1.54) is 0 Å². The second-order valence-corrected chi connectivity index (χ2v) is 8.21. The van der Waals surface area contributed by atoms with E-state index in [2.05, 4.69) is 10.00 Å². The molecule has 178 valence electrons. The number of ether oxygens (including phenoxy) is 5. The molecule has 1 saturated heterocycles. The van der Waals surface area contributed by atoms with Crippen molar-refractivity contribution in [1.82, 2.24) is 9.61 Å². The molecule has 33 heavy (non-hydrogen) atoms. The first-order valence-corrected chi connectivity index (χ1v) is 11.3. The van der Waals surface area contributed by atoms with Crippen LogP contribution < -0.4 is 19.1 Å². The van der Waals surface area contributed by atoms with E-state index < -0.39 is 0 Å². The third-order valence-corrected chi connectivity index (χ3v) is 6.32. The Morgan fingerprint density at radius 1 is 1.03 bits per heavy atom. The fourth-order valence-corrected chi connectivity index (χ4v) is 4.39. The number of methoxy groups -OCH3 is 4. The Hall–Kier alpha value is -2.97. The summed E-state index contributed by atoms with van der Waals surface area (Å²) >= 11 is 0. The van der Waals surface area contributed by atoms with E-state index in [4.69, 9.17) is 23.7 Å². The number of pyridine rings is 1. The molecule has 3 aromatic rings. The summed E-state index contributed by atoms with van der Waals surface area (Å²) in [5, 5.41) is 4.67. The van der Waals surface area contributed by atoms with Crippen molar-refractivity contribution in [3.8, 4) is 17.4 Å². The summed E-state index contributed by atoms with van der Waals surface area (Å²) in [4.78, 5) is 2.23. The highest BCUT2D eigenvalue weighted by atomic mass is 16.5. The van der Waals surface area contributed by atoms with Crippen molar-refractivity contribution in [2.45, 2.75) is 25.9 Å². The van der Waals surface area contributed by atoms with E-state index in [0.29, 0.717) is 23.3 Å². The van der Waals surface area contributed by atoms with E-state index in [1.807, 2.05) is 48.0 Å². The highest BCUT2D eigenvalue weighted by Gasteiger charge is 2.30. The van der Waals surface area contributed by atoms with Gasteiger partial charge in [0.15, 0.2) is 0 Å². The van der Waals surface area contributed by atoms with Crippen LogP contribution in [0.15, 0.2) is 36.5 Å². The molecule has 3 heterocycles. The summed E-state index contributed by atoms with van der Waals surface area (Å²) < 4.78 is 30.6. The highest BCUT2D eigenvalue weighted by Crippen LogP contribution is 2.48. The van der Waals surface area contributed by atoms with Crippen LogP contribution in [0.2, 0.25) is 0 Å². The molecule has 1 aliphatic heterocycles. The van der Waals surface area contributed by atoms with Crippen molar-refractivity contribution in [1.29, 1.82) is 0 Å². The molecule has 0 amide bonds. The molecule has 1 atom stereocenters. The van der Waals surface area contributed by atoms with Crippen molar-refractivity contribution >= 4 is 16.9 Å². The highest BCUT2D eigenvalue weighted by molar-refractivity contribution is 5.87. The van der Waals surface area contributed by atoms with Crippen LogP contribution in [-0.4, -0.2) is 57.8 Å². The molecule has 0 saturated carbocycles. The normalized spacial score (nSPS) is 15.4. The monoisotopic (exact) mass is 455 g/mol. The topological polar surface area (TPSA) is 66.7 Å². The van der Waals surface area contributed by atoms with Gasteiger partial charge in [-0.25, -0.2) is 4.52 Å². The molecule has 1 aromatic carbocycles. The summed E-state index contributed by atoms with van der Waals surface area (Å²) in [6.45, 7) is 4.29. The van der Waals surface area contributed by atoms with Crippen molar-refractivity contribution in [3.05, 3.63) is 42.1 Å². The van der Waals surface area contributed by atoms with Crippen molar-refractivity contribution in [3.63, 3.8) is 0 Å². The lowest BCUT2D eigenvalue weighted by Crippen LogP contribution is -2.30. The predicted molar refractivity (Wildman–Crippen MR) is 127 cm³/mol. The van der Waals surface area contributed by atoms with Crippen LogP contribution in [-0.2, 0) is 9.47 Å². The van der Waals surface area contributed by atoms with Gasteiger partial charge < -0.3 is 28.6 Å². The SMILES string of the molecule is COc1cc(C(C)OC)cc(OC)c1N(CC1CCOCC1)c1c(OC)nn2ccccc12. The van der Waals surface area contributed by atoms with Crippen LogP contribution in [0, 0.1) is 5.92 Å². The zero-order chi connectivity index (χ0) is 23.4. The standard InChI is InChI=1S/C25H33N3O5/c1-17(29-2)19-14-21(30-3)24(22(15-19)31-4)27(16-18-9-12-33-13-10-18)23-20-8-6-7-11-28(20)26-25(23)32-5/h6-8,11,14-15,17-18H,9-10,12-13,16H2,1-5H3. The minimum atomic E-state index is -0.0997. The number of aromatic nitrogens is 2. The first-order chi connectivity index (χ1) is 16.1. The smallest absolute Gasteiger partial charge is 0.257 e. The fourth-order valence-electron chi connectivity index (χ4n) is 4.39. The average molecular weight is 456 g/mol. The quantitative estimate of drug-likeness (QED) is 0.466. The Balaban J connectivity index is 1.93. The first kappa shape index (κ1) is 23.2. The largest absolute Gasteiger partial charge is 0.494 e. The molecule has 0 spiro atoms. The van der Waals surface area contributed by atoms with Gasteiger partial charge in [-0.2, -0.15) is 0 Å². The lowest BCUT2D eigenvalue weighted by Gasteiger charge is -2.33. The lowest BCUT2D eigenvalue weighted by molar-refractivity contribution is 0.0687. The molecule has 1 fully saturated rings. The van der Waals surface area contributed by atoms with Gasteiger partial charge in [-0.3, -0.25) is 0 Å². The Morgan fingerprint density at radius 2 is 1.73 bits per heavy atom. The van der Waals surface area contributed by atoms with Crippen LogP contribution in [0.3, 0.4) is 0 Å². The van der Waals surface area contributed by atoms with Gasteiger partial charge in [0, 0.05) is 33.1 Å². The van der Waals surface area contributed by atoms with Gasteiger partial charge in [-0.1, -0.05) is 6.07 Å². The van der Waals surface area contributed by atoms with Gasteiger partial charge >= 0.3 is 0 Å². The number of hydrogen-bond acceptors (Lipinski definition) is 7. The third-order valence-electron chi connectivity index (χ3n) is 6.32. The van der Waals surface area contributed by atoms with Crippen molar-refractivity contribution < 1.29 is 23.7 Å². The van der Waals surface area contributed by atoms with Gasteiger partial charge in [0.05, 0.1) is 33.0 Å². The molecule has 0 bridgehead atoms. The number of hydrogen-bond donors (Lipinski definition) is 0. The number of rotatable bonds is 9. The molecule has 1 unspecified atom stereocenters. The van der Waals surface area contributed by atoms with Crippen molar-refractivity contribution in [2.75, 3.05) is 53.1 Å². The average Bonchev–Trinajstić information content (AvgIpc) is 3.25. The molecule has 0 radical (unpaired) electrons. The molecule has 0 N–H and O–H groups in total. The van der Waals surface area contributed by atoms with Crippen LogP contribution in [0.5, 0.6) is 17.4 Å². The maximum atomic E-state index is 5.91. The van der Waals surface area contributed by atoms with Gasteiger partial charge in [-0.05, 0) is 55.5 Å². The molecular formula is C25H33N3O5. The number of fused-ring (bicyclic) bond motifs is 1. The number of nitrogens with zero attached hydrogens (tertiary/aromatic N) is 3. The predicted octanol–water partition coefficient (Wildman–Crippen LogP) is 4.63. The van der Waals surface area contributed by atoms with E-state index >= 15 is 0 Å². The van der Waals surface area contributed by atoms with Crippen LogP contribution in [0.1, 0.15) is 31.4 Å². The molecule has 1 aliphatic rings. The third kappa shape index (κ3) is 4.58. The molecule has 8 heteroatoms. The van der Waals surface area contributed by atoms with E-state index in [9.17, 15) is 0 Å². The van der Waals surface area contributed by atoms with Crippen LogP contribution in [0.25, 0.3) is 5.52 Å². The minimum Gasteiger partial charge on any atom is -0.494 e. The van der Waals surface area contributed by atoms with Gasteiger partial charge in [0.25, 0.3) is 5.88 Å². The summed E-state index contributed by atoms with van der Waals surface area (Å²) in [6.07, 6.45) is 3.80. The maximum absolute atomic E-state index is 5.91. The van der Waals surface area contributed by atoms with E-state index in [1.54, 1.807) is 28.4 Å².